The summed E-state index contributed by atoms with van der Waals surface area (Å²) in [4.78, 5) is 2.55. The van der Waals surface area contributed by atoms with Gasteiger partial charge in [0.2, 0.25) is 0 Å². The maximum Gasteiger partial charge on any atom is 0.0476 e. The first kappa shape index (κ1) is 15.7. The summed E-state index contributed by atoms with van der Waals surface area (Å²) in [5, 5.41) is 0. The molecule has 1 aromatic rings. The fraction of sp³-hybridized carbons (Fsp3) is 0.667. The molecule has 20 heavy (non-hydrogen) atoms. The lowest BCUT2D eigenvalue weighted by Gasteiger charge is -2.30. The molecule has 1 aromatic carbocycles. The Kier molecular flexibility index (Phi) is 5.01. The predicted octanol–water partition coefficient (Wildman–Crippen LogP) is 5.39. The van der Waals surface area contributed by atoms with Crippen molar-refractivity contribution in [1.29, 1.82) is 0 Å². The van der Waals surface area contributed by atoms with Gasteiger partial charge < -0.3 is 4.90 Å². The van der Waals surface area contributed by atoms with E-state index in [1.807, 2.05) is 0 Å². The van der Waals surface area contributed by atoms with Gasteiger partial charge in [0.25, 0.3) is 0 Å². The molecule has 2 rings (SSSR count). The topological polar surface area (TPSA) is 3.24 Å². The van der Waals surface area contributed by atoms with Crippen molar-refractivity contribution in [3.05, 3.63) is 29.3 Å². The predicted molar refractivity (Wildman–Crippen MR) is 89.7 cm³/mol. The molecule has 0 aliphatic carbocycles. The molecule has 0 amide bonds. The van der Waals surface area contributed by atoms with E-state index in [-0.39, 0.29) is 0 Å². The first-order valence-corrected chi connectivity index (χ1v) is 8.35. The molecule has 1 aliphatic heterocycles. The molecule has 0 N–H and O–H groups in total. The highest BCUT2D eigenvalue weighted by molar-refractivity contribution is 6.17. The standard InChI is InChI=1S/C18H28ClN/c1-14-12-17(8-7-15(14)13-19)20-10-5-6-16(9-11-20)18(2,3)4/h7-8,12,16H,5-6,9-11,13H2,1-4H3. The summed E-state index contributed by atoms with van der Waals surface area (Å²) in [6, 6.07) is 6.72. The quantitative estimate of drug-likeness (QED) is 0.661. The summed E-state index contributed by atoms with van der Waals surface area (Å²) >= 11 is 5.95. The lowest BCUT2D eigenvalue weighted by molar-refractivity contribution is 0.220. The molecule has 0 aromatic heterocycles. The Hall–Kier alpha value is -0.690. The third-order valence-corrected chi connectivity index (χ3v) is 5.08. The molecule has 0 saturated carbocycles. The molecule has 0 bridgehead atoms. The highest BCUT2D eigenvalue weighted by Crippen LogP contribution is 2.35. The molecule has 1 aliphatic rings. The highest BCUT2D eigenvalue weighted by atomic mass is 35.5. The van der Waals surface area contributed by atoms with Gasteiger partial charge in [-0.1, -0.05) is 26.8 Å². The summed E-state index contributed by atoms with van der Waals surface area (Å²) in [5.74, 6) is 1.45. The van der Waals surface area contributed by atoms with Crippen molar-refractivity contribution in [2.45, 2.75) is 52.8 Å². The molecule has 112 valence electrons. The van der Waals surface area contributed by atoms with E-state index >= 15 is 0 Å². The van der Waals surface area contributed by atoms with E-state index in [0.29, 0.717) is 11.3 Å². The monoisotopic (exact) mass is 293 g/mol. The second-order valence-corrected chi connectivity index (χ2v) is 7.49. The minimum absolute atomic E-state index is 0.439. The fourth-order valence-corrected chi connectivity index (χ4v) is 3.55. The molecule has 1 saturated heterocycles. The largest absolute Gasteiger partial charge is 0.372 e. The average molecular weight is 294 g/mol. The van der Waals surface area contributed by atoms with Gasteiger partial charge in [-0.05, 0) is 60.8 Å². The molecule has 2 heteroatoms. The lowest BCUT2D eigenvalue weighted by Crippen LogP contribution is -2.26. The van der Waals surface area contributed by atoms with Crippen LogP contribution in [0.25, 0.3) is 0 Å². The van der Waals surface area contributed by atoms with E-state index in [2.05, 4.69) is 50.8 Å². The second-order valence-electron chi connectivity index (χ2n) is 7.23. The Morgan fingerprint density at radius 1 is 1.20 bits per heavy atom. The molecule has 1 unspecified atom stereocenters. The third kappa shape index (κ3) is 3.69. The maximum atomic E-state index is 5.95. The van der Waals surface area contributed by atoms with Crippen LogP contribution in [-0.2, 0) is 5.88 Å². The molecule has 0 spiro atoms. The van der Waals surface area contributed by atoms with Crippen molar-refractivity contribution in [1.82, 2.24) is 0 Å². The zero-order chi connectivity index (χ0) is 14.8. The molecule has 1 heterocycles. The zero-order valence-electron chi connectivity index (χ0n) is 13.4. The van der Waals surface area contributed by atoms with Gasteiger partial charge in [0.05, 0.1) is 0 Å². The number of hydrogen-bond donors (Lipinski definition) is 0. The minimum atomic E-state index is 0.439. The van der Waals surface area contributed by atoms with Crippen molar-refractivity contribution >= 4 is 17.3 Å². The van der Waals surface area contributed by atoms with E-state index in [1.165, 1.54) is 49.2 Å². The van der Waals surface area contributed by atoms with Crippen LogP contribution in [0.4, 0.5) is 5.69 Å². The number of aryl methyl sites for hydroxylation is 1. The summed E-state index contributed by atoms with van der Waals surface area (Å²) < 4.78 is 0. The van der Waals surface area contributed by atoms with Crippen molar-refractivity contribution in [2.24, 2.45) is 11.3 Å². The van der Waals surface area contributed by atoms with Crippen LogP contribution in [-0.4, -0.2) is 13.1 Å². The highest BCUT2D eigenvalue weighted by Gasteiger charge is 2.27. The van der Waals surface area contributed by atoms with Gasteiger partial charge >= 0.3 is 0 Å². The summed E-state index contributed by atoms with van der Waals surface area (Å²) in [5.41, 5.74) is 4.37. The van der Waals surface area contributed by atoms with Crippen LogP contribution in [0.2, 0.25) is 0 Å². The van der Waals surface area contributed by atoms with Crippen LogP contribution < -0.4 is 4.90 Å². The van der Waals surface area contributed by atoms with Gasteiger partial charge in [0.1, 0.15) is 0 Å². The first-order chi connectivity index (χ1) is 9.41. The molecule has 0 radical (unpaired) electrons. The van der Waals surface area contributed by atoms with Crippen molar-refractivity contribution in [2.75, 3.05) is 18.0 Å². The molecular weight excluding hydrogens is 266 g/mol. The van der Waals surface area contributed by atoms with Gasteiger partial charge in [-0.15, -0.1) is 11.6 Å². The number of benzene rings is 1. The first-order valence-electron chi connectivity index (χ1n) is 7.82. The molecular formula is C18H28ClN. The van der Waals surface area contributed by atoms with Crippen LogP contribution in [0.1, 0.15) is 51.2 Å². The zero-order valence-corrected chi connectivity index (χ0v) is 14.1. The number of halogens is 1. The van der Waals surface area contributed by atoms with Gasteiger partial charge in [-0.2, -0.15) is 0 Å². The summed E-state index contributed by atoms with van der Waals surface area (Å²) in [6.45, 7) is 11.7. The normalized spacial score (nSPS) is 20.9. The van der Waals surface area contributed by atoms with Gasteiger partial charge in [0, 0.05) is 24.7 Å². The molecule has 1 nitrogen and oxygen atoms in total. The molecule has 1 atom stereocenters. The summed E-state index contributed by atoms with van der Waals surface area (Å²) in [7, 11) is 0. The van der Waals surface area contributed by atoms with Crippen LogP contribution in [0.3, 0.4) is 0 Å². The molecule has 1 fully saturated rings. The Morgan fingerprint density at radius 2 is 1.95 bits per heavy atom. The van der Waals surface area contributed by atoms with E-state index in [9.17, 15) is 0 Å². The van der Waals surface area contributed by atoms with Crippen LogP contribution in [0.5, 0.6) is 0 Å². The van der Waals surface area contributed by atoms with E-state index < -0.39 is 0 Å². The van der Waals surface area contributed by atoms with E-state index in [1.54, 1.807) is 0 Å². The SMILES string of the molecule is Cc1cc(N2CCCC(C(C)(C)C)CC2)ccc1CCl. The number of anilines is 1. The van der Waals surface area contributed by atoms with E-state index in [0.717, 1.165) is 5.92 Å². The minimum Gasteiger partial charge on any atom is -0.372 e. The van der Waals surface area contributed by atoms with Crippen LogP contribution in [0.15, 0.2) is 18.2 Å². The van der Waals surface area contributed by atoms with Crippen molar-refractivity contribution in [3.8, 4) is 0 Å². The maximum absolute atomic E-state index is 5.95. The van der Waals surface area contributed by atoms with Crippen LogP contribution >= 0.6 is 11.6 Å². The fourth-order valence-electron chi connectivity index (χ4n) is 3.25. The average Bonchev–Trinajstić information content (AvgIpc) is 2.63. The number of alkyl halides is 1. The third-order valence-electron chi connectivity index (χ3n) is 4.79. The Labute approximate surface area is 129 Å². The number of nitrogens with zero attached hydrogens (tertiary/aromatic N) is 1. The Morgan fingerprint density at radius 3 is 2.55 bits per heavy atom. The van der Waals surface area contributed by atoms with Crippen molar-refractivity contribution < 1.29 is 0 Å². The lowest BCUT2D eigenvalue weighted by atomic mass is 9.77. The number of rotatable bonds is 2. The Bertz CT molecular complexity index is 447. The number of hydrogen-bond acceptors (Lipinski definition) is 1. The van der Waals surface area contributed by atoms with Gasteiger partial charge in [-0.3, -0.25) is 0 Å². The Balaban J connectivity index is 2.09. The second kappa shape index (κ2) is 6.39. The smallest absolute Gasteiger partial charge is 0.0476 e. The van der Waals surface area contributed by atoms with Gasteiger partial charge in [-0.25, -0.2) is 0 Å². The van der Waals surface area contributed by atoms with Gasteiger partial charge in [0.15, 0.2) is 0 Å². The van der Waals surface area contributed by atoms with E-state index in [4.69, 9.17) is 11.6 Å². The van der Waals surface area contributed by atoms with Crippen molar-refractivity contribution in [3.63, 3.8) is 0 Å². The van der Waals surface area contributed by atoms with Crippen LogP contribution in [0, 0.1) is 18.3 Å². The summed E-state index contributed by atoms with van der Waals surface area (Å²) in [6.07, 6.45) is 3.97.